The van der Waals surface area contributed by atoms with Gasteiger partial charge in [-0.1, -0.05) is 36.4 Å². The third kappa shape index (κ3) is 3.92. The summed E-state index contributed by atoms with van der Waals surface area (Å²) in [5.41, 5.74) is 2.44. The second-order valence-electron chi connectivity index (χ2n) is 7.70. The summed E-state index contributed by atoms with van der Waals surface area (Å²) < 4.78 is 27.5. The first-order valence-corrected chi connectivity index (χ1v) is 10.8. The maximum Gasteiger partial charge on any atom is 0.251 e. The molecule has 2 aliphatic carbocycles. The molecule has 2 aromatic rings. The maximum absolute atomic E-state index is 12.8. The number of sulfonamides is 1. The second kappa shape index (κ2) is 6.77. The molecule has 2 aliphatic rings. The van der Waals surface area contributed by atoms with Crippen LogP contribution in [0.25, 0.3) is 0 Å². The standard InChI is InChI=1S/C21H24N2O3S/c1-15-7-10-18(27(25,26)23-17-8-9-17)13-19(15)20(24)22-14-21(11-12-21)16-5-3-2-4-6-16/h2-7,10,13,17,23H,8-9,11-12,14H2,1H3,(H,22,24). The molecule has 0 spiro atoms. The van der Waals surface area contributed by atoms with Crippen LogP contribution >= 0.6 is 0 Å². The monoisotopic (exact) mass is 384 g/mol. The molecular formula is C21H24N2O3S. The average molecular weight is 385 g/mol. The summed E-state index contributed by atoms with van der Waals surface area (Å²) in [7, 11) is -3.57. The Morgan fingerprint density at radius 1 is 1.11 bits per heavy atom. The van der Waals surface area contributed by atoms with E-state index in [2.05, 4.69) is 22.2 Å². The predicted octanol–water partition coefficient (Wildman–Crippen LogP) is 2.90. The minimum atomic E-state index is -3.57. The van der Waals surface area contributed by atoms with Gasteiger partial charge in [0.05, 0.1) is 4.90 Å². The third-order valence-electron chi connectivity index (χ3n) is 5.49. The van der Waals surface area contributed by atoms with Crippen molar-refractivity contribution in [3.63, 3.8) is 0 Å². The molecule has 0 aliphatic heterocycles. The van der Waals surface area contributed by atoms with Gasteiger partial charge in [-0.2, -0.15) is 0 Å². The van der Waals surface area contributed by atoms with E-state index in [0.29, 0.717) is 12.1 Å². The highest BCUT2D eigenvalue weighted by Crippen LogP contribution is 2.47. The van der Waals surface area contributed by atoms with Crippen molar-refractivity contribution in [2.75, 3.05) is 6.54 Å². The quantitative estimate of drug-likeness (QED) is 0.771. The molecule has 1 amide bonds. The van der Waals surface area contributed by atoms with Gasteiger partial charge >= 0.3 is 0 Å². The highest BCUT2D eigenvalue weighted by molar-refractivity contribution is 7.89. The minimum absolute atomic E-state index is 0.0159. The normalized spacial score (nSPS) is 18.1. The Bertz CT molecular complexity index is 962. The molecule has 0 saturated heterocycles. The number of carbonyl (C=O) groups is 1. The molecule has 4 rings (SSSR count). The van der Waals surface area contributed by atoms with Crippen molar-refractivity contribution in [3.05, 3.63) is 65.2 Å². The van der Waals surface area contributed by atoms with Crippen molar-refractivity contribution in [3.8, 4) is 0 Å². The Morgan fingerprint density at radius 2 is 1.81 bits per heavy atom. The van der Waals surface area contributed by atoms with Crippen LogP contribution in [-0.4, -0.2) is 26.9 Å². The van der Waals surface area contributed by atoms with Gasteiger partial charge in [0.1, 0.15) is 0 Å². The van der Waals surface area contributed by atoms with E-state index in [1.54, 1.807) is 12.1 Å². The lowest BCUT2D eigenvalue weighted by Crippen LogP contribution is -2.33. The fraction of sp³-hybridized carbons (Fsp3) is 0.381. The second-order valence-corrected chi connectivity index (χ2v) is 9.42. The van der Waals surface area contributed by atoms with Crippen molar-refractivity contribution in [1.29, 1.82) is 0 Å². The zero-order valence-electron chi connectivity index (χ0n) is 15.4. The molecule has 2 fully saturated rings. The summed E-state index contributed by atoms with van der Waals surface area (Å²) in [5.74, 6) is -0.224. The topological polar surface area (TPSA) is 75.3 Å². The van der Waals surface area contributed by atoms with E-state index in [0.717, 1.165) is 31.2 Å². The van der Waals surface area contributed by atoms with Gasteiger partial charge in [0, 0.05) is 23.6 Å². The number of aryl methyl sites for hydroxylation is 1. The van der Waals surface area contributed by atoms with Crippen molar-refractivity contribution >= 4 is 15.9 Å². The first-order chi connectivity index (χ1) is 12.9. The highest BCUT2D eigenvalue weighted by atomic mass is 32.2. The number of benzene rings is 2. The summed E-state index contributed by atoms with van der Waals surface area (Å²) in [5, 5.41) is 3.02. The van der Waals surface area contributed by atoms with Crippen LogP contribution in [0.2, 0.25) is 0 Å². The van der Waals surface area contributed by atoms with Gasteiger partial charge in [0.15, 0.2) is 0 Å². The number of amides is 1. The van der Waals surface area contributed by atoms with Gasteiger partial charge in [0.2, 0.25) is 10.0 Å². The first-order valence-electron chi connectivity index (χ1n) is 9.36. The zero-order valence-corrected chi connectivity index (χ0v) is 16.2. The highest BCUT2D eigenvalue weighted by Gasteiger charge is 2.44. The fourth-order valence-corrected chi connectivity index (χ4v) is 4.69. The lowest BCUT2D eigenvalue weighted by molar-refractivity contribution is 0.0949. The molecular weight excluding hydrogens is 360 g/mol. The van der Waals surface area contributed by atoms with Gasteiger partial charge in [-0.25, -0.2) is 13.1 Å². The molecule has 0 heterocycles. The Hall–Kier alpha value is -2.18. The molecule has 0 aromatic heterocycles. The van der Waals surface area contributed by atoms with Gasteiger partial charge in [0.25, 0.3) is 5.91 Å². The molecule has 5 nitrogen and oxygen atoms in total. The van der Waals surface area contributed by atoms with Crippen LogP contribution < -0.4 is 10.0 Å². The summed E-state index contributed by atoms with van der Waals surface area (Å²) in [6.45, 7) is 2.39. The van der Waals surface area contributed by atoms with E-state index < -0.39 is 10.0 Å². The minimum Gasteiger partial charge on any atom is -0.351 e. The van der Waals surface area contributed by atoms with Crippen LogP contribution in [0.3, 0.4) is 0 Å². The van der Waals surface area contributed by atoms with Crippen LogP contribution in [0.5, 0.6) is 0 Å². The van der Waals surface area contributed by atoms with Gasteiger partial charge in [-0.15, -0.1) is 0 Å². The number of rotatable bonds is 7. The Labute approximate surface area is 160 Å². The summed E-state index contributed by atoms with van der Waals surface area (Å²) >= 11 is 0. The molecule has 0 unspecified atom stereocenters. The van der Waals surface area contributed by atoms with Crippen LogP contribution in [0.4, 0.5) is 0 Å². The zero-order chi connectivity index (χ0) is 19.1. The summed E-state index contributed by atoms with van der Waals surface area (Å²) in [6, 6.07) is 15.0. The van der Waals surface area contributed by atoms with Gasteiger partial charge in [-0.3, -0.25) is 4.79 Å². The maximum atomic E-state index is 12.8. The van der Waals surface area contributed by atoms with E-state index in [1.165, 1.54) is 11.6 Å². The SMILES string of the molecule is Cc1ccc(S(=O)(=O)NC2CC2)cc1C(=O)NCC1(c2ccccc2)CC1. The number of hydrogen-bond acceptors (Lipinski definition) is 3. The van der Waals surface area contributed by atoms with E-state index in [1.807, 2.05) is 25.1 Å². The van der Waals surface area contributed by atoms with Gasteiger partial charge in [-0.05, 0) is 55.9 Å². The van der Waals surface area contributed by atoms with Crippen molar-refractivity contribution in [2.24, 2.45) is 0 Å². The molecule has 0 atom stereocenters. The fourth-order valence-electron chi connectivity index (χ4n) is 3.36. The lowest BCUT2D eigenvalue weighted by atomic mass is 9.96. The van der Waals surface area contributed by atoms with Gasteiger partial charge < -0.3 is 5.32 Å². The molecule has 2 aromatic carbocycles. The average Bonchev–Trinajstić information content (AvgIpc) is 3.57. The van der Waals surface area contributed by atoms with Crippen LogP contribution in [0.15, 0.2) is 53.4 Å². The summed E-state index contributed by atoms with van der Waals surface area (Å²) in [4.78, 5) is 12.9. The largest absolute Gasteiger partial charge is 0.351 e. The van der Waals surface area contributed by atoms with Crippen LogP contribution in [0.1, 0.15) is 47.2 Å². The molecule has 2 saturated carbocycles. The molecule has 6 heteroatoms. The van der Waals surface area contributed by atoms with E-state index in [4.69, 9.17) is 0 Å². The van der Waals surface area contributed by atoms with Crippen LogP contribution in [0, 0.1) is 6.92 Å². The van der Waals surface area contributed by atoms with Crippen molar-refractivity contribution < 1.29 is 13.2 Å². The predicted molar refractivity (Wildman–Crippen MR) is 104 cm³/mol. The summed E-state index contributed by atoms with van der Waals surface area (Å²) in [6.07, 6.45) is 3.85. The molecule has 0 bridgehead atoms. The third-order valence-corrected chi connectivity index (χ3v) is 7.01. The first kappa shape index (κ1) is 18.2. The number of nitrogens with one attached hydrogen (secondary N) is 2. The van der Waals surface area contributed by atoms with Crippen molar-refractivity contribution in [2.45, 2.75) is 49.0 Å². The molecule has 0 radical (unpaired) electrons. The number of hydrogen-bond donors (Lipinski definition) is 2. The van der Waals surface area contributed by atoms with Crippen LogP contribution in [-0.2, 0) is 15.4 Å². The van der Waals surface area contributed by atoms with E-state index in [9.17, 15) is 13.2 Å². The Morgan fingerprint density at radius 3 is 2.44 bits per heavy atom. The molecule has 142 valence electrons. The smallest absolute Gasteiger partial charge is 0.251 e. The number of carbonyl (C=O) groups excluding carboxylic acids is 1. The lowest BCUT2D eigenvalue weighted by Gasteiger charge is -2.17. The van der Waals surface area contributed by atoms with E-state index in [-0.39, 0.29) is 22.3 Å². The molecule has 27 heavy (non-hydrogen) atoms. The molecule has 2 N–H and O–H groups in total. The Balaban J connectivity index is 1.49. The Kier molecular flexibility index (Phi) is 4.56. The van der Waals surface area contributed by atoms with Crippen molar-refractivity contribution in [1.82, 2.24) is 10.0 Å². The van der Waals surface area contributed by atoms with E-state index >= 15 is 0 Å².